The van der Waals surface area contributed by atoms with Crippen LogP contribution < -0.4 is 15.1 Å². The fourth-order valence-electron chi connectivity index (χ4n) is 2.48. The normalized spacial score (nSPS) is 17.8. The van der Waals surface area contributed by atoms with Crippen molar-refractivity contribution in [2.75, 3.05) is 49.1 Å². The average molecular weight is 343 g/mol. The number of hydrogen-bond donors (Lipinski definition) is 1. The van der Waals surface area contributed by atoms with Crippen LogP contribution in [0.3, 0.4) is 0 Å². The van der Waals surface area contributed by atoms with Crippen LogP contribution in [-0.4, -0.2) is 49.2 Å². The molecular formula is C12H22Cl3N5. The van der Waals surface area contributed by atoms with Gasteiger partial charge in [-0.2, -0.15) is 4.98 Å². The Morgan fingerprint density at radius 1 is 0.900 bits per heavy atom. The van der Waals surface area contributed by atoms with Crippen LogP contribution >= 0.6 is 37.2 Å². The number of nitrogens with one attached hydrogen (secondary N) is 1. The molecule has 0 aliphatic carbocycles. The minimum Gasteiger partial charge on any atom is -0.354 e. The van der Waals surface area contributed by atoms with Gasteiger partial charge in [0.15, 0.2) is 0 Å². The Balaban J connectivity index is 0.00000120. The zero-order chi connectivity index (χ0) is 11.5. The Labute approximate surface area is 138 Å². The summed E-state index contributed by atoms with van der Waals surface area (Å²) in [7, 11) is 0. The molecule has 8 heteroatoms. The largest absolute Gasteiger partial charge is 0.354 e. The molecule has 5 nitrogen and oxygen atoms in total. The summed E-state index contributed by atoms with van der Waals surface area (Å²) in [5, 5.41) is 3.36. The maximum Gasteiger partial charge on any atom is 0.227 e. The van der Waals surface area contributed by atoms with Gasteiger partial charge in [0.1, 0.15) is 5.82 Å². The summed E-state index contributed by atoms with van der Waals surface area (Å²) in [6.45, 7) is 6.37. The molecule has 2 fully saturated rings. The number of anilines is 2. The molecule has 2 saturated heterocycles. The van der Waals surface area contributed by atoms with Gasteiger partial charge in [-0.15, -0.1) is 37.2 Å². The van der Waals surface area contributed by atoms with Crippen molar-refractivity contribution in [2.24, 2.45) is 0 Å². The third kappa shape index (κ3) is 4.52. The summed E-state index contributed by atoms with van der Waals surface area (Å²) in [6.07, 6.45) is 4.42. The van der Waals surface area contributed by atoms with Gasteiger partial charge in [0.2, 0.25) is 5.95 Å². The van der Waals surface area contributed by atoms with E-state index in [-0.39, 0.29) is 37.2 Å². The predicted octanol–water partition coefficient (Wildman–Crippen LogP) is 1.75. The fraction of sp³-hybridized carbons (Fsp3) is 0.667. The third-order valence-corrected chi connectivity index (χ3v) is 3.46. The third-order valence-electron chi connectivity index (χ3n) is 3.46. The number of nitrogens with zero attached hydrogens (tertiary/aromatic N) is 4. The second kappa shape index (κ2) is 9.45. The molecule has 0 atom stereocenters. The monoisotopic (exact) mass is 341 g/mol. The van der Waals surface area contributed by atoms with Crippen molar-refractivity contribution in [3.63, 3.8) is 0 Å². The molecule has 2 aliphatic rings. The van der Waals surface area contributed by atoms with E-state index in [4.69, 9.17) is 4.98 Å². The van der Waals surface area contributed by atoms with Crippen molar-refractivity contribution in [2.45, 2.75) is 12.8 Å². The van der Waals surface area contributed by atoms with E-state index in [9.17, 15) is 0 Å². The molecule has 20 heavy (non-hydrogen) atoms. The van der Waals surface area contributed by atoms with Gasteiger partial charge in [0.25, 0.3) is 0 Å². The lowest BCUT2D eigenvalue weighted by molar-refractivity contribution is 0.584. The number of piperazine rings is 1. The molecule has 0 aromatic carbocycles. The summed E-state index contributed by atoms with van der Waals surface area (Å²) in [5.41, 5.74) is 0. The lowest BCUT2D eigenvalue weighted by atomic mass is 10.3. The summed E-state index contributed by atoms with van der Waals surface area (Å²) >= 11 is 0. The quantitative estimate of drug-likeness (QED) is 0.887. The standard InChI is InChI=1S/C12H19N5.3ClH/c1-2-8-17(7-1)12-14-4-3-11(15-12)16-9-5-13-6-10-16;;;/h3-4,13H,1-2,5-10H2;3*1H. The first-order valence-electron chi connectivity index (χ1n) is 6.47. The highest BCUT2D eigenvalue weighted by molar-refractivity contribution is 5.86. The van der Waals surface area contributed by atoms with Crippen LogP contribution in [0.5, 0.6) is 0 Å². The Morgan fingerprint density at radius 2 is 1.55 bits per heavy atom. The highest BCUT2D eigenvalue weighted by Gasteiger charge is 2.17. The molecule has 0 unspecified atom stereocenters. The first-order valence-corrected chi connectivity index (χ1v) is 6.47. The molecule has 0 saturated carbocycles. The number of rotatable bonds is 2. The van der Waals surface area contributed by atoms with Crippen molar-refractivity contribution in [3.05, 3.63) is 12.3 Å². The molecule has 2 aliphatic heterocycles. The number of aromatic nitrogens is 2. The lowest BCUT2D eigenvalue weighted by Gasteiger charge is -2.29. The summed E-state index contributed by atoms with van der Waals surface area (Å²) in [4.78, 5) is 13.7. The van der Waals surface area contributed by atoms with Gasteiger partial charge in [0.05, 0.1) is 0 Å². The second-order valence-corrected chi connectivity index (χ2v) is 4.65. The minimum absolute atomic E-state index is 0. The van der Waals surface area contributed by atoms with Gasteiger partial charge in [-0.25, -0.2) is 4.98 Å². The maximum absolute atomic E-state index is 4.69. The first-order chi connectivity index (χ1) is 8.43. The second-order valence-electron chi connectivity index (χ2n) is 4.65. The van der Waals surface area contributed by atoms with Crippen molar-refractivity contribution < 1.29 is 0 Å². The van der Waals surface area contributed by atoms with E-state index >= 15 is 0 Å². The number of hydrogen-bond acceptors (Lipinski definition) is 5. The predicted molar refractivity (Wildman–Crippen MR) is 90.3 cm³/mol. The van der Waals surface area contributed by atoms with Gasteiger partial charge in [-0.05, 0) is 18.9 Å². The van der Waals surface area contributed by atoms with Crippen molar-refractivity contribution in [1.29, 1.82) is 0 Å². The van der Waals surface area contributed by atoms with Crippen LogP contribution in [0.2, 0.25) is 0 Å². The van der Waals surface area contributed by atoms with Gasteiger partial charge >= 0.3 is 0 Å². The molecule has 3 rings (SSSR count). The van der Waals surface area contributed by atoms with E-state index in [0.717, 1.165) is 51.0 Å². The fourth-order valence-corrected chi connectivity index (χ4v) is 2.48. The van der Waals surface area contributed by atoms with E-state index in [1.165, 1.54) is 12.8 Å². The first kappa shape index (κ1) is 19.5. The van der Waals surface area contributed by atoms with Gasteiger partial charge in [0, 0.05) is 45.5 Å². The molecule has 1 N–H and O–H groups in total. The van der Waals surface area contributed by atoms with Gasteiger partial charge in [-0.3, -0.25) is 0 Å². The van der Waals surface area contributed by atoms with Crippen LogP contribution in [0.4, 0.5) is 11.8 Å². The Morgan fingerprint density at radius 3 is 2.20 bits per heavy atom. The van der Waals surface area contributed by atoms with Gasteiger partial charge < -0.3 is 15.1 Å². The Kier molecular flexibility index (Phi) is 9.22. The van der Waals surface area contributed by atoms with E-state index < -0.39 is 0 Å². The van der Waals surface area contributed by atoms with Crippen molar-refractivity contribution in [1.82, 2.24) is 15.3 Å². The molecule has 3 heterocycles. The minimum atomic E-state index is 0. The van der Waals surface area contributed by atoms with Crippen LogP contribution in [0.25, 0.3) is 0 Å². The average Bonchev–Trinajstić information content (AvgIpc) is 2.94. The van der Waals surface area contributed by atoms with Gasteiger partial charge in [-0.1, -0.05) is 0 Å². The zero-order valence-corrected chi connectivity index (χ0v) is 13.8. The molecule has 1 aromatic heterocycles. The molecule has 0 bridgehead atoms. The smallest absolute Gasteiger partial charge is 0.227 e. The Hall–Kier alpha value is -0.490. The highest BCUT2D eigenvalue weighted by atomic mass is 35.5. The van der Waals surface area contributed by atoms with Crippen LogP contribution in [0, 0.1) is 0 Å². The SMILES string of the molecule is Cl.Cl.Cl.c1cc(N2CCNCC2)nc(N2CCCC2)n1. The number of halogens is 3. The maximum atomic E-state index is 4.69. The van der Waals surface area contributed by atoms with E-state index in [1.807, 2.05) is 12.3 Å². The summed E-state index contributed by atoms with van der Waals surface area (Å²) in [5.74, 6) is 1.97. The summed E-state index contributed by atoms with van der Waals surface area (Å²) in [6, 6.07) is 2.02. The Bertz CT molecular complexity index is 381. The molecule has 1 aromatic rings. The highest BCUT2D eigenvalue weighted by Crippen LogP contribution is 2.18. The lowest BCUT2D eigenvalue weighted by Crippen LogP contribution is -2.44. The summed E-state index contributed by atoms with van der Waals surface area (Å²) < 4.78 is 0. The van der Waals surface area contributed by atoms with E-state index in [0.29, 0.717) is 0 Å². The zero-order valence-electron chi connectivity index (χ0n) is 11.3. The molecular weight excluding hydrogens is 321 g/mol. The van der Waals surface area contributed by atoms with Crippen LogP contribution in [0.15, 0.2) is 12.3 Å². The molecule has 0 spiro atoms. The van der Waals surface area contributed by atoms with Crippen LogP contribution in [0.1, 0.15) is 12.8 Å². The van der Waals surface area contributed by atoms with Crippen molar-refractivity contribution >= 4 is 49.0 Å². The molecule has 116 valence electrons. The topological polar surface area (TPSA) is 44.3 Å². The van der Waals surface area contributed by atoms with Crippen molar-refractivity contribution in [3.8, 4) is 0 Å². The molecule has 0 amide bonds. The van der Waals surface area contributed by atoms with E-state index in [2.05, 4.69) is 20.1 Å². The molecule has 0 radical (unpaired) electrons. The van der Waals surface area contributed by atoms with Crippen LogP contribution in [-0.2, 0) is 0 Å². The van der Waals surface area contributed by atoms with E-state index in [1.54, 1.807) is 0 Å².